The molecule has 0 aliphatic rings. The number of hydrogen-bond donors (Lipinski definition) is 0. The molecule has 0 aliphatic carbocycles. The molecule has 6 nitrogen and oxygen atoms in total. The van der Waals surface area contributed by atoms with Gasteiger partial charge >= 0.3 is 0 Å². The van der Waals surface area contributed by atoms with Crippen LogP contribution in [0.25, 0.3) is 0 Å². The van der Waals surface area contributed by atoms with Crippen LogP contribution < -0.4 is 0 Å². The first-order valence-electron chi connectivity index (χ1n) is 6.73. The summed E-state index contributed by atoms with van der Waals surface area (Å²) < 4.78 is 0. The minimum Gasteiger partial charge on any atom is -0.255 e. The van der Waals surface area contributed by atoms with E-state index in [1.807, 2.05) is 50.2 Å². The number of hydrogen-bond acceptors (Lipinski definition) is 6. The summed E-state index contributed by atoms with van der Waals surface area (Å²) >= 11 is 0. The molecule has 0 radical (unpaired) electrons. The second kappa shape index (κ2) is 8.31. The van der Waals surface area contributed by atoms with Gasteiger partial charge in [0.2, 0.25) is 0 Å². The summed E-state index contributed by atoms with van der Waals surface area (Å²) in [6, 6.07) is 11.2. The van der Waals surface area contributed by atoms with Gasteiger partial charge in [-0.05, 0) is 38.1 Å². The minimum atomic E-state index is 0.686. The third kappa shape index (κ3) is 5.16. The Morgan fingerprint density at radius 2 is 1.23 bits per heavy atom. The Morgan fingerprint density at radius 3 is 1.59 bits per heavy atom. The molecule has 0 atom stereocenters. The molecule has 2 aromatic rings. The zero-order valence-electron chi connectivity index (χ0n) is 12.5. The summed E-state index contributed by atoms with van der Waals surface area (Å²) in [6.45, 7) is 3.65. The second-order valence-corrected chi connectivity index (χ2v) is 4.37. The minimum absolute atomic E-state index is 0.686. The van der Waals surface area contributed by atoms with Crippen LogP contribution in [0.2, 0.25) is 0 Å². The maximum Gasteiger partial charge on any atom is 0.0831 e. The molecule has 0 spiro atoms. The Balaban J connectivity index is 1.97. The van der Waals surface area contributed by atoms with Crippen molar-refractivity contribution < 1.29 is 0 Å². The standard InChI is InChI=1S/C16H16N6/c1-13(21-19-11-15-7-3-5-9-17-15)14(2)22-20-12-16-8-4-6-10-18-16/h3-12H,1-2H3/b19-11+,20-12+,21-13+,22-14+. The van der Waals surface area contributed by atoms with Crippen molar-refractivity contribution in [2.75, 3.05) is 0 Å². The number of pyridine rings is 2. The van der Waals surface area contributed by atoms with Crippen LogP contribution in [0.15, 0.2) is 69.2 Å². The topological polar surface area (TPSA) is 75.2 Å². The fraction of sp³-hybridized carbons (Fsp3) is 0.125. The SMILES string of the molecule is CC(=N\N=C\c1ccccn1)/C(C)=N/N=C/c1ccccn1. The predicted molar refractivity (Wildman–Crippen MR) is 89.9 cm³/mol. The van der Waals surface area contributed by atoms with Crippen molar-refractivity contribution in [2.24, 2.45) is 20.4 Å². The van der Waals surface area contributed by atoms with Crippen LogP contribution in [0.5, 0.6) is 0 Å². The van der Waals surface area contributed by atoms with Gasteiger partial charge < -0.3 is 0 Å². The van der Waals surface area contributed by atoms with E-state index < -0.39 is 0 Å². The van der Waals surface area contributed by atoms with E-state index in [-0.39, 0.29) is 0 Å². The predicted octanol–water partition coefficient (Wildman–Crippen LogP) is 2.77. The van der Waals surface area contributed by atoms with Crippen LogP contribution in [-0.4, -0.2) is 33.8 Å². The maximum absolute atomic E-state index is 4.12. The quantitative estimate of drug-likeness (QED) is 0.627. The number of nitrogens with zero attached hydrogens (tertiary/aromatic N) is 6. The lowest BCUT2D eigenvalue weighted by atomic mass is 10.3. The van der Waals surface area contributed by atoms with Gasteiger partial charge in [0.15, 0.2) is 0 Å². The van der Waals surface area contributed by atoms with Crippen LogP contribution in [0, 0.1) is 0 Å². The van der Waals surface area contributed by atoms with Crippen molar-refractivity contribution in [3.63, 3.8) is 0 Å². The zero-order valence-corrected chi connectivity index (χ0v) is 12.5. The third-order valence-corrected chi connectivity index (χ3v) is 2.69. The Kier molecular flexibility index (Phi) is 5.80. The molecule has 2 rings (SSSR count). The fourth-order valence-electron chi connectivity index (χ4n) is 1.40. The highest BCUT2D eigenvalue weighted by atomic mass is 15.2. The van der Waals surface area contributed by atoms with E-state index in [1.54, 1.807) is 24.8 Å². The average Bonchev–Trinajstić information content (AvgIpc) is 2.56. The first kappa shape index (κ1) is 15.4. The summed E-state index contributed by atoms with van der Waals surface area (Å²) in [5.41, 5.74) is 2.87. The highest BCUT2D eigenvalue weighted by Crippen LogP contribution is 1.92. The normalized spacial score (nSPS) is 13.2. The summed E-state index contributed by atoms with van der Waals surface area (Å²) in [5.74, 6) is 0. The molecule has 0 saturated heterocycles. The average molecular weight is 292 g/mol. The number of aromatic nitrogens is 2. The molecule has 0 amide bonds. The van der Waals surface area contributed by atoms with Crippen LogP contribution >= 0.6 is 0 Å². The summed E-state index contributed by atoms with van der Waals surface area (Å²) in [5, 5.41) is 16.1. The monoisotopic (exact) mass is 292 g/mol. The van der Waals surface area contributed by atoms with Gasteiger partial charge in [-0.2, -0.15) is 20.4 Å². The molecule has 0 bridgehead atoms. The van der Waals surface area contributed by atoms with E-state index in [0.29, 0.717) is 11.4 Å². The molecular weight excluding hydrogens is 276 g/mol. The summed E-state index contributed by atoms with van der Waals surface area (Å²) in [4.78, 5) is 8.25. The van der Waals surface area contributed by atoms with Gasteiger partial charge in [0.05, 0.1) is 35.2 Å². The van der Waals surface area contributed by atoms with E-state index in [9.17, 15) is 0 Å². The van der Waals surface area contributed by atoms with Gasteiger partial charge in [-0.15, -0.1) is 0 Å². The molecule has 0 aromatic carbocycles. The highest BCUT2D eigenvalue weighted by Gasteiger charge is 1.95. The van der Waals surface area contributed by atoms with Crippen LogP contribution in [0.1, 0.15) is 25.2 Å². The third-order valence-electron chi connectivity index (χ3n) is 2.69. The van der Waals surface area contributed by atoms with Crippen molar-refractivity contribution in [3.8, 4) is 0 Å². The van der Waals surface area contributed by atoms with E-state index >= 15 is 0 Å². The summed E-state index contributed by atoms with van der Waals surface area (Å²) in [6.07, 6.45) is 6.59. The van der Waals surface area contributed by atoms with Gasteiger partial charge in [0.25, 0.3) is 0 Å². The Hall–Kier alpha value is -3.02. The molecule has 2 aromatic heterocycles. The van der Waals surface area contributed by atoms with E-state index in [0.717, 1.165) is 11.4 Å². The van der Waals surface area contributed by atoms with E-state index in [1.165, 1.54) is 0 Å². The maximum atomic E-state index is 4.12. The largest absolute Gasteiger partial charge is 0.255 e. The first-order valence-corrected chi connectivity index (χ1v) is 6.73. The highest BCUT2D eigenvalue weighted by molar-refractivity contribution is 6.40. The molecule has 0 unspecified atom stereocenters. The smallest absolute Gasteiger partial charge is 0.0831 e. The molecule has 110 valence electrons. The molecule has 6 heteroatoms. The van der Waals surface area contributed by atoms with Crippen molar-refractivity contribution >= 4 is 23.9 Å². The molecule has 22 heavy (non-hydrogen) atoms. The van der Waals surface area contributed by atoms with Gasteiger partial charge in [-0.3, -0.25) is 9.97 Å². The van der Waals surface area contributed by atoms with E-state index in [4.69, 9.17) is 0 Å². The van der Waals surface area contributed by atoms with Gasteiger partial charge in [-0.1, -0.05) is 12.1 Å². The lowest BCUT2D eigenvalue weighted by Crippen LogP contribution is -2.04. The van der Waals surface area contributed by atoms with Crippen molar-refractivity contribution in [2.45, 2.75) is 13.8 Å². The Labute approximate surface area is 129 Å². The fourth-order valence-corrected chi connectivity index (χ4v) is 1.40. The first-order chi connectivity index (χ1) is 10.8. The molecule has 0 saturated carbocycles. The lowest BCUT2D eigenvalue weighted by Gasteiger charge is -1.94. The molecule has 2 heterocycles. The van der Waals surface area contributed by atoms with Crippen molar-refractivity contribution in [1.82, 2.24) is 9.97 Å². The zero-order chi connectivity index (χ0) is 15.6. The van der Waals surface area contributed by atoms with Crippen molar-refractivity contribution in [3.05, 3.63) is 60.2 Å². The van der Waals surface area contributed by atoms with Gasteiger partial charge in [0, 0.05) is 12.4 Å². The van der Waals surface area contributed by atoms with E-state index in [2.05, 4.69) is 30.4 Å². The molecule has 0 aliphatic heterocycles. The van der Waals surface area contributed by atoms with Gasteiger partial charge in [0.1, 0.15) is 0 Å². The molecule has 0 fully saturated rings. The van der Waals surface area contributed by atoms with Crippen LogP contribution in [-0.2, 0) is 0 Å². The van der Waals surface area contributed by atoms with Crippen LogP contribution in [0.3, 0.4) is 0 Å². The Bertz CT molecular complexity index is 638. The second-order valence-electron chi connectivity index (χ2n) is 4.37. The Morgan fingerprint density at radius 1 is 0.773 bits per heavy atom. The van der Waals surface area contributed by atoms with Gasteiger partial charge in [-0.25, -0.2) is 0 Å². The molecular formula is C16H16N6. The molecule has 0 N–H and O–H groups in total. The van der Waals surface area contributed by atoms with Crippen LogP contribution in [0.4, 0.5) is 0 Å². The number of rotatable bonds is 5. The lowest BCUT2D eigenvalue weighted by molar-refractivity contribution is 1.21. The summed E-state index contributed by atoms with van der Waals surface area (Å²) in [7, 11) is 0. The van der Waals surface area contributed by atoms with Crippen molar-refractivity contribution in [1.29, 1.82) is 0 Å².